The topological polar surface area (TPSA) is 49.4 Å². The lowest BCUT2D eigenvalue weighted by atomic mass is 10.0. The summed E-state index contributed by atoms with van der Waals surface area (Å²) in [6.07, 6.45) is 3.27. The van der Waals surface area contributed by atoms with Crippen LogP contribution in [0.25, 0.3) is 0 Å². The Hall–Kier alpha value is -3.11. The van der Waals surface area contributed by atoms with Crippen molar-refractivity contribution in [1.29, 1.82) is 0 Å². The normalized spacial score (nSPS) is 11.6. The second-order valence-corrected chi connectivity index (χ2v) is 8.86. The Labute approximate surface area is 207 Å². The third kappa shape index (κ3) is 7.74. The zero-order valence-corrected chi connectivity index (χ0v) is 20.5. The molecule has 0 radical (unpaired) electrons. The summed E-state index contributed by atoms with van der Waals surface area (Å²) in [4.78, 5) is 28.7. The van der Waals surface area contributed by atoms with Gasteiger partial charge in [-0.2, -0.15) is 0 Å². The second-order valence-electron chi connectivity index (χ2n) is 8.45. The van der Waals surface area contributed by atoms with Crippen LogP contribution in [0.2, 0.25) is 5.02 Å². The third-order valence-corrected chi connectivity index (χ3v) is 6.24. The van der Waals surface area contributed by atoms with Gasteiger partial charge in [-0.3, -0.25) is 9.59 Å². The largest absolute Gasteiger partial charge is 0.354 e. The van der Waals surface area contributed by atoms with Crippen molar-refractivity contribution in [2.45, 2.75) is 51.6 Å². The van der Waals surface area contributed by atoms with Crippen LogP contribution in [0.1, 0.15) is 42.9 Å². The molecule has 0 heterocycles. The first-order valence-electron chi connectivity index (χ1n) is 12.0. The average Bonchev–Trinajstić information content (AvgIpc) is 2.87. The fourth-order valence-corrected chi connectivity index (χ4v) is 4.11. The van der Waals surface area contributed by atoms with Gasteiger partial charge in [0.15, 0.2) is 0 Å². The summed E-state index contributed by atoms with van der Waals surface area (Å²) in [5.74, 6) is -0.187. The molecule has 0 fully saturated rings. The summed E-state index contributed by atoms with van der Waals surface area (Å²) in [6, 6.07) is 26.7. The van der Waals surface area contributed by atoms with E-state index in [1.54, 1.807) is 4.90 Å². The molecule has 0 aliphatic rings. The Bertz CT molecular complexity index is 1040. The smallest absolute Gasteiger partial charge is 0.243 e. The number of hydrogen-bond donors (Lipinski definition) is 1. The highest BCUT2D eigenvalue weighted by Gasteiger charge is 2.30. The molecule has 3 aromatic carbocycles. The third-order valence-electron chi connectivity index (χ3n) is 5.87. The van der Waals surface area contributed by atoms with Crippen molar-refractivity contribution in [2.24, 2.45) is 0 Å². The average molecular weight is 477 g/mol. The molecule has 0 bridgehead atoms. The van der Waals surface area contributed by atoms with Crippen LogP contribution in [0, 0.1) is 0 Å². The Balaban J connectivity index is 1.89. The first kappa shape index (κ1) is 25.5. The van der Waals surface area contributed by atoms with Gasteiger partial charge < -0.3 is 10.2 Å². The van der Waals surface area contributed by atoms with Crippen molar-refractivity contribution in [2.75, 3.05) is 6.54 Å². The Kier molecular flexibility index (Phi) is 10.2. The Morgan fingerprint density at radius 2 is 1.50 bits per heavy atom. The van der Waals surface area contributed by atoms with E-state index < -0.39 is 6.04 Å². The summed E-state index contributed by atoms with van der Waals surface area (Å²) in [5.41, 5.74) is 2.94. The lowest BCUT2D eigenvalue weighted by molar-refractivity contribution is -0.141. The molecule has 3 rings (SSSR count). The molecule has 178 valence electrons. The molecule has 0 saturated heterocycles. The van der Waals surface area contributed by atoms with Crippen molar-refractivity contribution < 1.29 is 9.59 Å². The molecular weight excluding hydrogens is 444 g/mol. The number of nitrogens with one attached hydrogen (secondary N) is 1. The number of halogens is 1. The molecule has 2 amide bonds. The number of benzene rings is 3. The molecule has 0 aliphatic carbocycles. The summed E-state index contributed by atoms with van der Waals surface area (Å²) >= 11 is 6.45. The van der Waals surface area contributed by atoms with E-state index in [9.17, 15) is 9.59 Å². The minimum atomic E-state index is -0.626. The van der Waals surface area contributed by atoms with Crippen molar-refractivity contribution in [3.05, 3.63) is 107 Å². The zero-order chi connectivity index (χ0) is 24.2. The van der Waals surface area contributed by atoms with Gasteiger partial charge in [-0.05, 0) is 35.6 Å². The van der Waals surface area contributed by atoms with Crippen LogP contribution in [0.4, 0.5) is 0 Å². The number of carbonyl (C=O) groups is 2. The van der Waals surface area contributed by atoms with Gasteiger partial charge in [0.25, 0.3) is 0 Å². The SMILES string of the molecule is CCCCNC(=O)C(Cc1ccccc1)N(Cc1ccccc1Cl)C(=O)CCc1ccccc1. The monoisotopic (exact) mass is 476 g/mol. The van der Waals surface area contributed by atoms with E-state index in [1.807, 2.05) is 84.9 Å². The minimum Gasteiger partial charge on any atom is -0.354 e. The van der Waals surface area contributed by atoms with E-state index in [1.165, 1.54) is 0 Å². The number of aryl methyl sites for hydroxylation is 1. The van der Waals surface area contributed by atoms with Gasteiger partial charge in [0.1, 0.15) is 6.04 Å². The van der Waals surface area contributed by atoms with E-state index in [4.69, 9.17) is 11.6 Å². The molecule has 3 aromatic rings. The molecule has 1 unspecified atom stereocenters. The molecular formula is C29H33ClN2O2. The van der Waals surface area contributed by atoms with Crippen LogP contribution < -0.4 is 5.32 Å². The molecule has 1 atom stereocenters. The summed E-state index contributed by atoms with van der Waals surface area (Å²) < 4.78 is 0. The minimum absolute atomic E-state index is 0.0599. The number of carbonyl (C=O) groups excluding carboxylic acids is 2. The molecule has 0 spiro atoms. The van der Waals surface area contributed by atoms with Crippen molar-refractivity contribution >= 4 is 23.4 Å². The fraction of sp³-hybridized carbons (Fsp3) is 0.310. The number of unbranched alkanes of at least 4 members (excludes halogenated alkanes) is 1. The molecule has 34 heavy (non-hydrogen) atoms. The predicted molar refractivity (Wildman–Crippen MR) is 139 cm³/mol. The second kappa shape index (κ2) is 13.6. The molecule has 0 aliphatic heterocycles. The molecule has 0 aromatic heterocycles. The van der Waals surface area contributed by atoms with Crippen LogP contribution in [0.15, 0.2) is 84.9 Å². The molecule has 1 N–H and O–H groups in total. The molecule has 4 nitrogen and oxygen atoms in total. The number of rotatable bonds is 12. The summed E-state index contributed by atoms with van der Waals surface area (Å²) in [6.45, 7) is 2.97. The van der Waals surface area contributed by atoms with Gasteiger partial charge in [-0.1, -0.05) is 104 Å². The number of nitrogens with zero attached hydrogens (tertiary/aromatic N) is 1. The van der Waals surface area contributed by atoms with Crippen molar-refractivity contribution in [1.82, 2.24) is 10.2 Å². The van der Waals surface area contributed by atoms with E-state index in [0.29, 0.717) is 30.8 Å². The van der Waals surface area contributed by atoms with Crippen LogP contribution >= 0.6 is 11.6 Å². The highest BCUT2D eigenvalue weighted by Crippen LogP contribution is 2.21. The van der Waals surface area contributed by atoms with Gasteiger partial charge >= 0.3 is 0 Å². The zero-order valence-electron chi connectivity index (χ0n) is 19.8. The lowest BCUT2D eigenvalue weighted by Crippen LogP contribution is -2.50. The van der Waals surface area contributed by atoms with Crippen molar-refractivity contribution in [3.63, 3.8) is 0 Å². The first-order valence-corrected chi connectivity index (χ1v) is 12.3. The Morgan fingerprint density at radius 1 is 0.882 bits per heavy atom. The maximum absolute atomic E-state index is 13.6. The lowest BCUT2D eigenvalue weighted by Gasteiger charge is -2.32. The number of hydrogen-bond acceptors (Lipinski definition) is 2. The van der Waals surface area contributed by atoms with E-state index in [-0.39, 0.29) is 18.4 Å². The van der Waals surface area contributed by atoms with Gasteiger partial charge in [-0.15, -0.1) is 0 Å². The van der Waals surface area contributed by atoms with Gasteiger partial charge in [-0.25, -0.2) is 0 Å². The summed E-state index contributed by atoms with van der Waals surface area (Å²) in [7, 11) is 0. The maximum Gasteiger partial charge on any atom is 0.243 e. The summed E-state index contributed by atoms with van der Waals surface area (Å²) in [5, 5.41) is 3.64. The van der Waals surface area contributed by atoms with E-state index in [0.717, 1.165) is 29.5 Å². The number of amides is 2. The predicted octanol–water partition coefficient (Wildman–Crippen LogP) is 5.83. The maximum atomic E-state index is 13.6. The van der Waals surface area contributed by atoms with E-state index >= 15 is 0 Å². The first-order chi connectivity index (χ1) is 16.6. The fourth-order valence-electron chi connectivity index (χ4n) is 3.91. The van der Waals surface area contributed by atoms with Crippen LogP contribution in [-0.4, -0.2) is 29.3 Å². The van der Waals surface area contributed by atoms with Crippen LogP contribution in [0.3, 0.4) is 0 Å². The highest BCUT2D eigenvalue weighted by molar-refractivity contribution is 6.31. The van der Waals surface area contributed by atoms with Crippen LogP contribution in [0.5, 0.6) is 0 Å². The molecule has 0 saturated carbocycles. The van der Waals surface area contributed by atoms with Gasteiger partial charge in [0.05, 0.1) is 0 Å². The molecule has 5 heteroatoms. The standard InChI is InChI=1S/C29H33ClN2O2/c1-2-3-20-31-29(34)27(21-24-14-8-5-9-15-24)32(22-25-16-10-11-17-26(25)30)28(33)19-18-23-12-6-4-7-13-23/h4-17,27H,2-3,18-22H2,1H3,(H,31,34). The Morgan fingerprint density at radius 3 is 2.15 bits per heavy atom. The van der Waals surface area contributed by atoms with Gasteiger partial charge in [0, 0.05) is 31.0 Å². The quantitative estimate of drug-likeness (QED) is 0.334. The van der Waals surface area contributed by atoms with Crippen molar-refractivity contribution in [3.8, 4) is 0 Å². The van der Waals surface area contributed by atoms with E-state index in [2.05, 4.69) is 12.2 Å². The van der Waals surface area contributed by atoms with Gasteiger partial charge in [0.2, 0.25) is 11.8 Å². The highest BCUT2D eigenvalue weighted by atomic mass is 35.5. The van der Waals surface area contributed by atoms with Crippen LogP contribution in [-0.2, 0) is 29.0 Å².